The zero-order valence-electron chi connectivity index (χ0n) is 21.4. The number of ether oxygens (including phenoxy) is 1. The summed E-state index contributed by atoms with van der Waals surface area (Å²) < 4.78 is 11.5. The Morgan fingerprint density at radius 3 is 2.42 bits per heavy atom. The average Bonchev–Trinajstić information content (AvgIpc) is 3.24. The molecule has 5 nitrogen and oxygen atoms in total. The zero-order valence-corrected chi connectivity index (χ0v) is 22.2. The number of furan rings is 1. The van der Waals surface area contributed by atoms with Crippen LogP contribution in [0.4, 0.5) is 0 Å². The lowest BCUT2D eigenvalue weighted by Crippen LogP contribution is -2.56. The van der Waals surface area contributed by atoms with Gasteiger partial charge < -0.3 is 14.5 Å². The van der Waals surface area contributed by atoms with E-state index in [0.29, 0.717) is 10.8 Å². The van der Waals surface area contributed by atoms with Crippen molar-refractivity contribution in [2.24, 2.45) is 23.2 Å². The van der Waals surface area contributed by atoms with Gasteiger partial charge in [0.1, 0.15) is 5.58 Å². The van der Waals surface area contributed by atoms with Crippen LogP contribution in [0.5, 0.6) is 0 Å². The van der Waals surface area contributed by atoms with Gasteiger partial charge in [-0.3, -0.25) is 4.79 Å². The van der Waals surface area contributed by atoms with Gasteiger partial charge in [0.25, 0.3) is 5.91 Å². The van der Waals surface area contributed by atoms with Crippen LogP contribution in [0.3, 0.4) is 0 Å². The molecule has 1 amide bonds. The number of thioether (sulfide) groups is 1. The molecular formula is C30H39NO4S. The third kappa shape index (κ3) is 4.82. The van der Waals surface area contributed by atoms with Crippen molar-refractivity contribution in [1.29, 1.82) is 0 Å². The molecule has 6 heteroatoms. The summed E-state index contributed by atoms with van der Waals surface area (Å²) in [6.07, 6.45) is 14.2. The molecule has 1 atom stereocenters. The summed E-state index contributed by atoms with van der Waals surface area (Å²) in [6.45, 7) is 1.90. The standard InChI is InChI=1S/C30H39NO4S/c1-19(30-14-20-11-21(15-30)13-22(12-20)16-30)31-27(32)17-34-29(33)28-25(18-36-23-7-3-2-4-8-23)24-9-5-6-10-26(24)35-28/h5-6,9-10,19-23H,2-4,7-8,11-18H2,1H3,(H,31,32)/t19-,20?,21?,22?,30?/m0/s1. The lowest BCUT2D eigenvalue weighted by molar-refractivity contribution is -0.128. The summed E-state index contributed by atoms with van der Waals surface area (Å²) >= 11 is 1.91. The second kappa shape index (κ2) is 10.1. The van der Waals surface area contributed by atoms with E-state index in [0.717, 1.165) is 34.5 Å². The normalized spacial score (nSPS) is 30.4. The monoisotopic (exact) mass is 509 g/mol. The lowest BCUT2D eigenvalue weighted by Gasteiger charge is -2.59. The number of fused-ring (bicyclic) bond motifs is 1. The van der Waals surface area contributed by atoms with Gasteiger partial charge >= 0.3 is 5.97 Å². The fraction of sp³-hybridized carbons (Fsp3) is 0.667. The van der Waals surface area contributed by atoms with E-state index in [1.165, 1.54) is 70.6 Å². The van der Waals surface area contributed by atoms with Gasteiger partial charge in [0.2, 0.25) is 5.76 Å². The molecule has 5 aliphatic rings. The van der Waals surface area contributed by atoms with Crippen molar-refractivity contribution >= 4 is 34.6 Å². The molecule has 1 heterocycles. The molecule has 0 aliphatic heterocycles. The molecule has 1 aromatic carbocycles. The first kappa shape index (κ1) is 24.4. The predicted molar refractivity (Wildman–Crippen MR) is 143 cm³/mol. The Kier molecular flexibility index (Phi) is 6.83. The number of amides is 1. The molecule has 1 aromatic heterocycles. The molecule has 36 heavy (non-hydrogen) atoms. The van der Waals surface area contributed by atoms with Crippen LogP contribution in [0.1, 0.15) is 93.7 Å². The van der Waals surface area contributed by atoms with Gasteiger partial charge in [-0.05, 0) is 87.5 Å². The molecule has 7 rings (SSSR count). The highest BCUT2D eigenvalue weighted by Gasteiger charge is 2.53. The molecule has 5 aliphatic carbocycles. The largest absolute Gasteiger partial charge is 0.450 e. The number of benzene rings is 1. The van der Waals surface area contributed by atoms with E-state index in [4.69, 9.17) is 9.15 Å². The van der Waals surface area contributed by atoms with Gasteiger partial charge in [-0.2, -0.15) is 11.8 Å². The Morgan fingerprint density at radius 2 is 1.72 bits per heavy atom. The van der Waals surface area contributed by atoms with Crippen LogP contribution in [0.25, 0.3) is 11.0 Å². The minimum atomic E-state index is -0.539. The highest BCUT2D eigenvalue weighted by Crippen LogP contribution is 2.61. The zero-order chi connectivity index (χ0) is 24.7. The second-order valence-corrected chi connectivity index (χ2v) is 13.4. The fourth-order valence-corrected chi connectivity index (χ4v) is 9.54. The number of nitrogens with one attached hydrogen (secondary N) is 1. The molecule has 0 saturated heterocycles. The van der Waals surface area contributed by atoms with Crippen LogP contribution in [0.15, 0.2) is 28.7 Å². The smallest absolute Gasteiger partial charge is 0.375 e. The van der Waals surface area contributed by atoms with Crippen molar-refractivity contribution in [2.75, 3.05) is 6.61 Å². The van der Waals surface area contributed by atoms with Crippen LogP contribution in [-0.2, 0) is 15.3 Å². The molecule has 1 N–H and O–H groups in total. The van der Waals surface area contributed by atoms with Gasteiger partial charge in [-0.15, -0.1) is 0 Å². The highest BCUT2D eigenvalue weighted by atomic mass is 32.2. The summed E-state index contributed by atoms with van der Waals surface area (Å²) in [6, 6.07) is 7.90. The summed E-state index contributed by atoms with van der Waals surface area (Å²) in [5.74, 6) is 2.75. The molecule has 5 fully saturated rings. The van der Waals surface area contributed by atoms with Crippen LogP contribution in [0, 0.1) is 23.2 Å². The van der Waals surface area contributed by atoms with Crippen LogP contribution in [0.2, 0.25) is 0 Å². The van der Waals surface area contributed by atoms with Gasteiger partial charge in [-0.1, -0.05) is 37.5 Å². The third-order valence-electron chi connectivity index (χ3n) is 9.62. The summed E-state index contributed by atoms with van der Waals surface area (Å²) in [7, 11) is 0. The first-order valence-electron chi connectivity index (χ1n) is 14.1. The molecule has 2 aromatic rings. The van der Waals surface area contributed by atoms with Crippen molar-refractivity contribution in [3.05, 3.63) is 35.6 Å². The SMILES string of the molecule is C[C@H](NC(=O)COC(=O)c1oc2ccccc2c1CSC1CCCCC1)C12CC3CC(CC(C3)C1)C2. The topological polar surface area (TPSA) is 68.5 Å². The maximum absolute atomic E-state index is 13.1. The number of carbonyl (C=O) groups is 2. The Labute approximate surface area is 218 Å². The average molecular weight is 510 g/mol. The van der Waals surface area contributed by atoms with Gasteiger partial charge in [0, 0.05) is 28.0 Å². The van der Waals surface area contributed by atoms with E-state index in [1.807, 2.05) is 36.0 Å². The number of carbonyl (C=O) groups excluding carboxylic acids is 2. The Bertz CT molecular complexity index is 1080. The number of para-hydroxylation sites is 1. The molecule has 0 unspecified atom stereocenters. The second-order valence-electron chi connectivity index (χ2n) is 12.1. The maximum Gasteiger partial charge on any atom is 0.375 e. The van der Waals surface area contributed by atoms with Crippen molar-refractivity contribution in [3.8, 4) is 0 Å². The van der Waals surface area contributed by atoms with Crippen molar-refractivity contribution < 1.29 is 18.7 Å². The van der Waals surface area contributed by atoms with E-state index in [-0.39, 0.29) is 29.7 Å². The van der Waals surface area contributed by atoms with Crippen LogP contribution >= 0.6 is 11.8 Å². The summed E-state index contributed by atoms with van der Waals surface area (Å²) in [5.41, 5.74) is 1.83. The molecular weight excluding hydrogens is 470 g/mol. The quantitative estimate of drug-likeness (QED) is 0.393. The Morgan fingerprint density at radius 1 is 1.06 bits per heavy atom. The molecule has 0 radical (unpaired) electrons. The number of esters is 1. The van der Waals surface area contributed by atoms with E-state index in [2.05, 4.69) is 12.2 Å². The van der Waals surface area contributed by atoms with Crippen LogP contribution in [-0.4, -0.2) is 29.8 Å². The van der Waals surface area contributed by atoms with E-state index >= 15 is 0 Å². The molecule has 4 bridgehead atoms. The predicted octanol–water partition coefficient (Wildman–Crippen LogP) is 6.88. The van der Waals surface area contributed by atoms with Crippen molar-refractivity contribution in [3.63, 3.8) is 0 Å². The maximum atomic E-state index is 13.1. The van der Waals surface area contributed by atoms with Gasteiger partial charge in [0.15, 0.2) is 6.61 Å². The number of rotatable bonds is 8. The minimum Gasteiger partial charge on any atom is -0.450 e. The summed E-state index contributed by atoms with van der Waals surface area (Å²) in [4.78, 5) is 25.9. The van der Waals surface area contributed by atoms with E-state index in [1.54, 1.807) is 0 Å². The Hall–Kier alpha value is -1.95. The number of hydrogen-bond acceptors (Lipinski definition) is 5. The van der Waals surface area contributed by atoms with Crippen molar-refractivity contribution in [2.45, 2.75) is 94.6 Å². The van der Waals surface area contributed by atoms with Crippen molar-refractivity contribution in [1.82, 2.24) is 5.32 Å². The van der Waals surface area contributed by atoms with E-state index < -0.39 is 5.97 Å². The highest BCUT2D eigenvalue weighted by molar-refractivity contribution is 7.99. The summed E-state index contributed by atoms with van der Waals surface area (Å²) in [5, 5.41) is 4.80. The number of hydrogen-bond donors (Lipinski definition) is 1. The first-order chi connectivity index (χ1) is 17.5. The first-order valence-corrected chi connectivity index (χ1v) is 15.1. The van der Waals surface area contributed by atoms with E-state index in [9.17, 15) is 9.59 Å². The Balaban J connectivity index is 1.08. The molecule has 194 valence electrons. The van der Waals surface area contributed by atoms with Gasteiger partial charge in [0.05, 0.1) is 0 Å². The molecule has 0 spiro atoms. The lowest BCUT2D eigenvalue weighted by atomic mass is 9.48. The fourth-order valence-electron chi connectivity index (χ4n) is 8.18. The van der Waals surface area contributed by atoms with Crippen LogP contribution < -0.4 is 5.32 Å². The third-order valence-corrected chi connectivity index (χ3v) is 11.0. The van der Waals surface area contributed by atoms with Gasteiger partial charge in [-0.25, -0.2) is 4.79 Å². The molecule has 5 saturated carbocycles. The minimum absolute atomic E-state index is 0.116.